The highest BCUT2D eigenvalue weighted by atomic mass is 19.4. The number of amides is 1. The molecule has 0 bridgehead atoms. The van der Waals surface area contributed by atoms with Gasteiger partial charge in [-0.15, -0.1) is 0 Å². The van der Waals surface area contributed by atoms with Gasteiger partial charge in [-0.3, -0.25) is 4.79 Å². The summed E-state index contributed by atoms with van der Waals surface area (Å²) in [4.78, 5) is 17.6. The number of pyridine rings is 1. The van der Waals surface area contributed by atoms with E-state index in [-0.39, 0.29) is 31.5 Å². The van der Waals surface area contributed by atoms with Crippen molar-refractivity contribution >= 4 is 5.91 Å². The van der Waals surface area contributed by atoms with Crippen LogP contribution in [-0.2, 0) is 11.0 Å². The minimum atomic E-state index is -4.46. The SMILES string of the molecule is O=C(COc1ccc(-c2ccccc2)cc1)N1CC(Oc2cc(C(F)(F)F)ccn2)C1. The van der Waals surface area contributed by atoms with Gasteiger partial charge in [0, 0.05) is 12.3 Å². The summed E-state index contributed by atoms with van der Waals surface area (Å²) in [5.41, 5.74) is 1.31. The van der Waals surface area contributed by atoms with Gasteiger partial charge in [-0.25, -0.2) is 4.98 Å². The average Bonchev–Trinajstić information content (AvgIpc) is 2.75. The number of carbonyl (C=O) groups excluding carboxylic acids is 1. The maximum atomic E-state index is 12.8. The zero-order valence-corrected chi connectivity index (χ0v) is 16.4. The first-order chi connectivity index (χ1) is 14.9. The number of rotatable bonds is 6. The highest BCUT2D eigenvalue weighted by molar-refractivity contribution is 5.78. The Bertz CT molecular complexity index is 1030. The van der Waals surface area contributed by atoms with Crippen LogP contribution in [-0.4, -0.2) is 41.6 Å². The van der Waals surface area contributed by atoms with E-state index >= 15 is 0 Å². The maximum absolute atomic E-state index is 12.8. The summed E-state index contributed by atoms with van der Waals surface area (Å²) >= 11 is 0. The molecule has 1 aliphatic rings. The van der Waals surface area contributed by atoms with Gasteiger partial charge in [-0.2, -0.15) is 13.2 Å². The lowest BCUT2D eigenvalue weighted by molar-refractivity contribution is -0.142. The highest BCUT2D eigenvalue weighted by Crippen LogP contribution is 2.31. The van der Waals surface area contributed by atoms with Crippen molar-refractivity contribution in [1.82, 2.24) is 9.88 Å². The fourth-order valence-electron chi connectivity index (χ4n) is 3.15. The van der Waals surface area contributed by atoms with E-state index in [9.17, 15) is 18.0 Å². The van der Waals surface area contributed by atoms with E-state index in [4.69, 9.17) is 9.47 Å². The Balaban J connectivity index is 1.23. The first kappa shape index (κ1) is 20.7. The fourth-order valence-corrected chi connectivity index (χ4v) is 3.15. The Morgan fingerprint density at radius 3 is 2.35 bits per heavy atom. The van der Waals surface area contributed by atoms with Crippen molar-refractivity contribution in [2.24, 2.45) is 0 Å². The molecule has 0 aliphatic carbocycles. The number of likely N-dealkylation sites (tertiary alicyclic amines) is 1. The van der Waals surface area contributed by atoms with Gasteiger partial charge in [-0.1, -0.05) is 42.5 Å². The Kier molecular flexibility index (Phi) is 5.79. The smallest absolute Gasteiger partial charge is 0.416 e. The molecule has 3 aromatic rings. The molecule has 0 spiro atoms. The summed E-state index contributed by atoms with van der Waals surface area (Å²) < 4.78 is 49.2. The van der Waals surface area contributed by atoms with Crippen molar-refractivity contribution in [3.05, 3.63) is 78.5 Å². The summed E-state index contributed by atoms with van der Waals surface area (Å²) in [5, 5.41) is 0. The zero-order valence-electron chi connectivity index (χ0n) is 16.4. The lowest BCUT2D eigenvalue weighted by Gasteiger charge is -2.38. The van der Waals surface area contributed by atoms with Crippen molar-refractivity contribution in [2.45, 2.75) is 12.3 Å². The molecule has 0 N–H and O–H groups in total. The van der Waals surface area contributed by atoms with Crippen molar-refractivity contribution in [2.75, 3.05) is 19.7 Å². The number of carbonyl (C=O) groups is 1. The lowest BCUT2D eigenvalue weighted by Crippen LogP contribution is -2.57. The average molecular weight is 428 g/mol. The summed E-state index contributed by atoms with van der Waals surface area (Å²) in [5.74, 6) is 0.250. The molecular formula is C23H19F3N2O3. The van der Waals surface area contributed by atoms with Crippen LogP contribution in [0.25, 0.3) is 11.1 Å². The van der Waals surface area contributed by atoms with Crippen LogP contribution in [0.4, 0.5) is 13.2 Å². The molecule has 2 heterocycles. The van der Waals surface area contributed by atoms with Gasteiger partial charge in [0.25, 0.3) is 5.91 Å². The normalized spacial score (nSPS) is 14.1. The van der Waals surface area contributed by atoms with Crippen molar-refractivity contribution in [3.8, 4) is 22.8 Å². The standard InChI is InChI=1S/C23H19F3N2O3/c24-23(25,26)18-10-11-27-21(12-18)31-20-13-28(14-20)22(29)15-30-19-8-6-17(7-9-19)16-4-2-1-3-5-16/h1-12,20H,13-15H2. The Labute approximate surface area is 177 Å². The van der Waals surface area contributed by atoms with Gasteiger partial charge in [0.2, 0.25) is 5.88 Å². The molecule has 31 heavy (non-hydrogen) atoms. The van der Waals surface area contributed by atoms with Crippen LogP contribution < -0.4 is 9.47 Å². The molecule has 1 amide bonds. The highest BCUT2D eigenvalue weighted by Gasteiger charge is 2.34. The molecular weight excluding hydrogens is 409 g/mol. The van der Waals surface area contributed by atoms with Gasteiger partial charge < -0.3 is 14.4 Å². The molecule has 5 nitrogen and oxygen atoms in total. The molecule has 2 aromatic carbocycles. The predicted molar refractivity (Wildman–Crippen MR) is 108 cm³/mol. The molecule has 0 atom stereocenters. The molecule has 8 heteroatoms. The fraction of sp³-hybridized carbons (Fsp3) is 0.217. The number of aromatic nitrogens is 1. The Morgan fingerprint density at radius 1 is 1.00 bits per heavy atom. The predicted octanol–water partition coefficient (Wildman–Crippen LogP) is 4.44. The molecule has 0 unspecified atom stereocenters. The molecule has 1 aliphatic heterocycles. The van der Waals surface area contributed by atoms with E-state index in [0.29, 0.717) is 5.75 Å². The maximum Gasteiger partial charge on any atom is 0.416 e. The topological polar surface area (TPSA) is 51.7 Å². The van der Waals surface area contributed by atoms with E-state index in [1.165, 1.54) is 4.90 Å². The lowest BCUT2D eigenvalue weighted by atomic mass is 10.1. The number of hydrogen-bond donors (Lipinski definition) is 0. The first-order valence-electron chi connectivity index (χ1n) is 9.64. The van der Waals surface area contributed by atoms with E-state index in [0.717, 1.165) is 29.5 Å². The monoisotopic (exact) mass is 428 g/mol. The third-order valence-corrected chi connectivity index (χ3v) is 4.87. The van der Waals surface area contributed by atoms with Crippen molar-refractivity contribution in [3.63, 3.8) is 0 Å². The molecule has 1 saturated heterocycles. The van der Waals surface area contributed by atoms with Crippen LogP contribution in [0.15, 0.2) is 72.9 Å². The van der Waals surface area contributed by atoms with Crippen molar-refractivity contribution in [1.29, 1.82) is 0 Å². The van der Waals surface area contributed by atoms with Crippen LogP contribution >= 0.6 is 0 Å². The second-order valence-corrected chi connectivity index (χ2v) is 7.10. The number of alkyl halides is 3. The van der Waals surface area contributed by atoms with Crippen LogP contribution in [0.5, 0.6) is 11.6 Å². The van der Waals surface area contributed by atoms with E-state index in [1.54, 1.807) is 12.1 Å². The van der Waals surface area contributed by atoms with Gasteiger partial charge in [-0.05, 0) is 29.3 Å². The number of hydrogen-bond acceptors (Lipinski definition) is 4. The van der Waals surface area contributed by atoms with Gasteiger partial charge in [0.05, 0.1) is 18.7 Å². The molecule has 160 valence electrons. The van der Waals surface area contributed by atoms with Crippen LogP contribution in [0.3, 0.4) is 0 Å². The van der Waals surface area contributed by atoms with Gasteiger partial charge in [0.1, 0.15) is 11.9 Å². The number of ether oxygens (including phenoxy) is 2. The second kappa shape index (κ2) is 8.67. The second-order valence-electron chi connectivity index (χ2n) is 7.10. The largest absolute Gasteiger partial charge is 0.484 e. The molecule has 0 radical (unpaired) electrons. The summed E-state index contributed by atoms with van der Waals surface area (Å²) in [6.07, 6.45) is -3.80. The minimum absolute atomic E-state index is 0.110. The van der Waals surface area contributed by atoms with E-state index in [2.05, 4.69) is 4.98 Å². The third-order valence-electron chi connectivity index (χ3n) is 4.87. The number of benzene rings is 2. The number of nitrogens with zero attached hydrogens (tertiary/aromatic N) is 2. The van der Waals surface area contributed by atoms with E-state index in [1.807, 2.05) is 42.5 Å². The quantitative estimate of drug-likeness (QED) is 0.583. The molecule has 1 fully saturated rings. The number of halogens is 3. The zero-order chi connectivity index (χ0) is 21.8. The minimum Gasteiger partial charge on any atom is -0.484 e. The summed E-state index contributed by atoms with van der Waals surface area (Å²) in [6.45, 7) is 0.416. The van der Waals surface area contributed by atoms with Crippen LogP contribution in [0, 0.1) is 0 Å². The van der Waals surface area contributed by atoms with Crippen LogP contribution in [0.1, 0.15) is 5.56 Å². The van der Waals surface area contributed by atoms with Crippen molar-refractivity contribution < 1.29 is 27.4 Å². The van der Waals surface area contributed by atoms with Gasteiger partial charge >= 0.3 is 6.18 Å². The summed E-state index contributed by atoms with van der Waals surface area (Å²) in [6, 6.07) is 19.1. The van der Waals surface area contributed by atoms with Gasteiger partial charge in [0.15, 0.2) is 6.61 Å². The molecule has 0 saturated carbocycles. The Morgan fingerprint density at radius 2 is 1.68 bits per heavy atom. The van der Waals surface area contributed by atoms with E-state index < -0.39 is 17.8 Å². The Hall–Kier alpha value is -3.55. The van der Waals surface area contributed by atoms with Crippen LogP contribution in [0.2, 0.25) is 0 Å². The first-order valence-corrected chi connectivity index (χ1v) is 9.64. The summed E-state index contributed by atoms with van der Waals surface area (Å²) in [7, 11) is 0. The third kappa shape index (κ3) is 5.14. The molecule has 1 aromatic heterocycles. The molecule has 4 rings (SSSR count).